The molecule has 2 rings (SSSR count). The Morgan fingerprint density at radius 2 is 1.85 bits per heavy atom. The summed E-state index contributed by atoms with van der Waals surface area (Å²) in [6.45, 7) is 0. The van der Waals surface area contributed by atoms with Crippen molar-refractivity contribution in [3.8, 4) is 5.75 Å². The van der Waals surface area contributed by atoms with Gasteiger partial charge in [-0.15, -0.1) is 0 Å². The summed E-state index contributed by atoms with van der Waals surface area (Å²) in [5.41, 5.74) is 0.994. The van der Waals surface area contributed by atoms with Gasteiger partial charge in [0, 0.05) is 22.4 Å². The normalized spacial score (nSPS) is 17.3. The van der Waals surface area contributed by atoms with Crippen LogP contribution in [0.1, 0.15) is 50.5 Å². The van der Waals surface area contributed by atoms with Crippen molar-refractivity contribution in [2.24, 2.45) is 5.92 Å². The third-order valence-electron chi connectivity index (χ3n) is 4.17. The van der Waals surface area contributed by atoms with Gasteiger partial charge in [-0.2, -0.15) is 0 Å². The molecule has 0 spiro atoms. The van der Waals surface area contributed by atoms with Gasteiger partial charge in [0.2, 0.25) is 0 Å². The van der Waals surface area contributed by atoms with Crippen molar-refractivity contribution in [3.63, 3.8) is 0 Å². The van der Waals surface area contributed by atoms with Gasteiger partial charge in [0.1, 0.15) is 11.5 Å². The molecule has 0 saturated heterocycles. The Morgan fingerprint density at radius 1 is 1.20 bits per heavy atom. The van der Waals surface area contributed by atoms with Crippen molar-refractivity contribution >= 4 is 21.7 Å². The van der Waals surface area contributed by atoms with Gasteiger partial charge in [-0.25, -0.2) is 0 Å². The Hall–Kier alpha value is -0.830. The first-order valence-electron chi connectivity index (χ1n) is 7.56. The van der Waals surface area contributed by atoms with Gasteiger partial charge in [-0.05, 0) is 31.0 Å². The summed E-state index contributed by atoms with van der Waals surface area (Å²) < 4.78 is 6.36. The molecule has 0 atom stereocenters. The highest BCUT2D eigenvalue weighted by atomic mass is 79.9. The van der Waals surface area contributed by atoms with Gasteiger partial charge in [-0.3, -0.25) is 4.79 Å². The topological polar surface area (TPSA) is 26.3 Å². The van der Waals surface area contributed by atoms with E-state index in [0.717, 1.165) is 28.6 Å². The number of ether oxygens (including phenoxy) is 1. The van der Waals surface area contributed by atoms with Crippen LogP contribution < -0.4 is 4.74 Å². The third-order valence-corrected chi connectivity index (χ3v) is 4.66. The van der Waals surface area contributed by atoms with E-state index in [0.29, 0.717) is 12.2 Å². The van der Waals surface area contributed by atoms with Gasteiger partial charge >= 0.3 is 0 Å². The van der Waals surface area contributed by atoms with E-state index in [4.69, 9.17) is 4.74 Å². The smallest absolute Gasteiger partial charge is 0.140 e. The lowest BCUT2D eigenvalue weighted by atomic mass is 9.86. The van der Waals surface area contributed by atoms with Crippen molar-refractivity contribution in [2.75, 3.05) is 7.11 Å². The summed E-state index contributed by atoms with van der Waals surface area (Å²) in [4.78, 5) is 12.5. The summed E-state index contributed by atoms with van der Waals surface area (Å²) in [6, 6.07) is 5.87. The van der Waals surface area contributed by atoms with E-state index in [9.17, 15) is 4.79 Å². The van der Waals surface area contributed by atoms with Crippen molar-refractivity contribution in [1.29, 1.82) is 0 Å². The first-order valence-corrected chi connectivity index (χ1v) is 8.35. The first kappa shape index (κ1) is 15.6. The number of carbonyl (C=O) groups is 1. The minimum Gasteiger partial charge on any atom is -0.496 e. The zero-order chi connectivity index (χ0) is 14.4. The average Bonchev–Trinajstić information content (AvgIpc) is 2.38. The Balaban J connectivity index is 2.04. The Kier molecular flexibility index (Phi) is 6.08. The number of methoxy groups -OCH3 is 1. The average molecular weight is 339 g/mol. The molecule has 0 aromatic heterocycles. The van der Waals surface area contributed by atoms with Gasteiger partial charge in [0.15, 0.2) is 0 Å². The molecule has 0 unspecified atom stereocenters. The van der Waals surface area contributed by atoms with Crippen LogP contribution in [-0.2, 0) is 11.2 Å². The van der Waals surface area contributed by atoms with Crippen LogP contribution in [0.3, 0.4) is 0 Å². The molecule has 0 amide bonds. The summed E-state index contributed by atoms with van der Waals surface area (Å²) in [5, 5.41) is 0. The van der Waals surface area contributed by atoms with Crippen molar-refractivity contribution in [1.82, 2.24) is 0 Å². The van der Waals surface area contributed by atoms with E-state index in [2.05, 4.69) is 15.9 Å². The molecular weight excluding hydrogens is 316 g/mol. The molecule has 1 aromatic carbocycles. The van der Waals surface area contributed by atoms with E-state index in [-0.39, 0.29) is 5.92 Å². The van der Waals surface area contributed by atoms with E-state index in [1.54, 1.807) is 7.11 Å². The second-order valence-corrected chi connectivity index (χ2v) is 6.56. The quantitative estimate of drug-likeness (QED) is 0.777. The molecule has 20 heavy (non-hydrogen) atoms. The van der Waals surface area contributed by atoms with Crippen LogP contribution >= 0.6 is 15.9 Å². The molecule has 0 radical (unpaired) electrons. The molecule has 1 aliphatic rings. The molecule has 3 heteroatoms. The number of carbonyl (C=O) groups excluding carboxylic acids is 1. The molecule has 1 aliphatic carbocycles. The molecular formula is C17H23BrO2. The zero-order valence-electron chi connectivity index (χ0n) is 12.2. The highest BCUT2D eigenvalue weighted by Gasteiger charge is 2.20. The van der Waals surface area contributed by atoms with Crippen LogP contribution in [0.5, 0.6) is 5.75 Å². The van der Waals surface area contributed by atoms with Crippen molar-refractivity contribution < 1.29 is 9.53 Å². The predicted octanol–water partition coefficient (Wildman–Crippen LogP) is 4.93. The largest absolute Gasteiger partial charge is 0.496 e. The highest BCUT2D eigenvalue weighted by molar-refractivity contribution is 9.10. The van der Waals surface area contributed by atoms with E-state index in [1.165, 1.54) is 32.1 Å². The van der Waals surface area contributed by atoms with E-state index >= 15 is 0 Å². The number of benzene rings is 1. The van der Waals surface area contributed by atoms with E-state index < -0.39 is 0 Å². The summed E-state index contributed by atoms with van der Waals surface area (Å²) >= 11 is 3.47. The van der Waals surface area contributed by atoms with Crippen LogP contribution in [0.2, 0.25) is 0 Å². The number of ketones is 1. The molecule has 0 heterocycles. The number of hydrogen-bond donors (Lipinski definition) is 0. The highest BCUT2D eigenvalue weighted by Crippen LogP contribution is 2.28. The van der Waals surface area contributed by atoms with Crippen LogP contribution in [-0.4, -0.2) is 12.9 Å². The molecule has 1 fully saturated rings. The monoisotopic (exact) mass is 338 g/mol. The lowest BCUT2D eigenvalue weighted by Crippen LogP contribution is -2.18. The maximum atomic E-state index is 12.5. The van der Waals surface area contributed by atoms with Crippen molar-refractivity contribution in [2.45, 2.75) is 51.4 Å². The first-order chi connectivity index (χ1) is 9.70. The van der Waals surface area contributed by atoms with Gasteiger partial charge in [0.25, 0.3) is 0 Å². The zero-order valence-corrected chi connectivity index (χ0v) is 13.7. The van der Waals surface area contributed by atoms with Crippen LogP contribution in [0.25, 0.3) is 0 Å². The molecule has 1 saturated carbocycles. The fourth-order valence-corrected chi connectivity index (χ4v) is 3.40. The minimum atomic E-state index is 0.249. The predicted molar refractivity (Wildman–Crippen MR) is 85.2 cm³/mol. The van der Waals surface area contributed by atoms with E-state index in [1.807, 2.05) is 18.2 Å². The number of rotatable bonds is 4. The second kappa shape index (κ2) is 7.82. The minimum absolute atomic E-state index is 0.249. The standard InChI is InChI=1S/C17H23BrO2/c1-20-17-10-9-15(18)11-14(17)12-16(19)13-7-5-3-2-4-6-8-13/h9-11,13H,2-8,12H2,1H3. The maximum absolute atomic E-state index is 12.5. The maximum Gasteiger partial charge on any atom is 0.140 e. The molecule has 1 aromatic rings. The van der Waals surface area contributed by atoms with Crippen LogP contribution in [0.4, 0.5) is 0 Å². The molecule has 110 valence electrons. The summed E-state index contributed by atoms with van der Waals surface area (Å²) in [7, 11) is 1.66. The number of Topliss-reactive ketones (excluding diaryl/α,β-unsaturated/α-hetero) is 1. The molecule has 0 N–H and O–H groups in total. The second-order valence-electron chi connectivity index (χ2n) is 5.64. The lowest BCUT2D eigenvalue weighted by molar-refractivity contribution is -0.122. The molecule has 0 aliphatic heterocycles. The third kappa shape index (κ3) is 4.34. The fraction of sp³-hybridized carbons (Fsp3) is 0.588. The van der Waals surface area contributed by atoms with Crippen LogP contribution in [0, 0.1) is 5.92 Å². The number of hydrogen-bond acceptors (Lipinski definition) is 2. The Morgan fingerprint density at radius 3 is 2.50 bits per heavy atom. The molecule has 0 bridgehead atoms. The van der Waals surface area contributed by atoms with Crippen molar-refractivity contribution in [3.05, 3.63) is 28.2 Å². The van der Waals surface area contributed by atoms with Gasteiger partial charge in [0.05, 0.1) is 7.11 Å². The summed E-state index contributed by atoms with van der Waals surface area (Å²) in [5.74, 6) is 1.44. The number of halogens is 1. The lowest BCUT2D eigenvalue weighted by Gasteiger charge is -2.19. The molecule has 2 nitrogen and oxygen atoms in total. The van der Waals surface area contributed by atoms with Gasteiger partial charge in [-0.1, -0.05) is 48.0 Å². The van der Waals surface area contributed by atoms with Crippen LogP contribution in [0.15, 0.2) is 22.7 Å². The Labute approximate surface area is 130 Å². The fourth-order valence-electron chi connectivity index (χ4n) is 3.00. The SMILES string of the molecule is COc1ccc(Br)cc1CC(=O)C1CCCCCCC1. The summed E-state index contributed by atoms with van der Waals surface area (Å²) in [6.07, 6.45) is 8.92. The Bertz CT molecular complexity index is 448. The van der Waals surface area contributed by atoms with Gasteiger partial charge < -0.3 is 4.74 Å².